The number of hydrogen-bond acceptors (Lipinski definition) is 2. The fourth-order valence-corrected chi connectivity index (χ4v) is 2.10. The molecule has 0 aromatic heterocycles. The van der Waals surface area contributed by atoms with Gasteiger partial charge in [-0.2, -0.15) is 0 Å². The van der Waals surface area contributed by atoms with Gasteiger partial charge in [-0.05, 0) is 24.3 Å². The number of rotatable bonds is 1. The molecule has 0 spiro atoms. The third kappa shape index (κ3) is 1.77. The number of halogens is 2. The molecule has 0 amide bonds. The minimum atomic E-state index is -0.709. The monoisotopic (exact) mass is 262 g/mol. The van der Waals surface area contributed by atoms with Crippen LogP contribution < -0.4 is 4.74 Å². The molecule has 90 valence electrons. The summed E-state index contributed by atoms with van der Waals surface area (Å²) in [5, 5.41) is 0.591. The van der Waals surface area contributed by atoms with Gasteiger partial charge in [0, 0.05) is 16.7 Å². The van der Waals surface area contributed by atoms with E-state index in [1.807, 2.05) is 0 Å². The Labute approximate surface area is 108 Å². The summed E-state index contributed by atoms with van der Waals surface area (Å²) in [5.41, 5.74) is 1.12. The molecule has 0 fully saturated rings. The second-order valence-corrected chi connectivity index (χ2v) is 4.49. The highest BCUT2D eigenvalue weighted by Gasteiger charge is 2.33. The number of ether oxygens (including phenoxy) is 1. The van der Waals surface area contributed by atoms with E-state index in [0.29, 0.717) is 21.9 Å². The highest BCUT2D eigenvalue weighted by molar-refractivity contribution is 6.30. The van der Waals surface area contributed by atoms with Crippen LogP contribution in [0.25, 0.3) is 0 Å². The summed E-state index contributed by atoms with van der Waals surface area (Å²) in [7, 11) is 0. The second kappa shape index (κ2) is 4.10. The lowest BCUT2D eigenvalue weighted by atomic mass is 10.0. The first-order valence-electron chi connectivity index (χ1n) is 5.41. The van der Waals surface area contributed by atoms with Gasteiger partial charge < -0.3 is 4.74 Å². The number of benzene rings is 2. The number of carbonyl (C=O) groups is 1. The predicted molar refractivity (Wildman–Crippen MR) is 65.6 cm³/mol. The van der Waals surface area contributed by atoms with Crippen molar-refractivity contribution in [3.8, 4) is 5.75 Å². The summed E-state index contributed by atoms with van der Waals surface area (Å²) in [5.74, 6) is -0.287. The van der Waals surface area contributed by atoms with Crippen LogP contribution in [0.15, 0.2) is 42.5 Å². The first kappa shape index (κ1) is 11.2. The molecule has 1 aliphatic rings. The average Bonchev–Trinajstić information content (AvgIpc) is 2.67. The second-order valence-electron chi connectivity index (χ2n) is 4.05. The third-order valence-corrected chi connectivity index (χ3v) is 3.12. The average molecular weight is 263 g/mol. The van der Waals surface area contributed by atoms with Crippen LogP contribution in [0, 0.1) is 5.82 Å². The molecule has 2 nitrogen and oxygen atoms in total. The number of Topliss-reactive ketones (excluding diaryl/α,β-unsaturated/α-hetero) is 1. The Hall–Kier alpha value is -1.87. The third-order valence-electron chi connectivity index (χ3n) is 2.86. The largest absolute Gasteiger partial charge is 0.477 e. The van der Waals surface area contributed by atoms with Crippen LogP contribution in [0.5, 0.6) is 5.75 Å². The molecule has 0 saturated heterocycles. The van der Waals surface area contributed by atoms with Crippen molar-refractivity contribution >= 4 is 17.4 Å². The fourth-order valence-electron chi connectivity index (χ4n) is 1.98. The molecule has 0 radical (unpaired) electrons. The molecular formula is C14H8ClFO2. The first-order chi connectivity index (χ1) is 8.65. The van der Waals surface area contributed by atoms with Gasteiger partial charge in [0.15, 0.2) is 6.10 Å². The van der Waals surface area contributed by atoms with Crippen molar-refractivity contribution < 1.29 is 13.9 Å². The molecule has 0 bridgehead atoms. The van der Waals surface area contributed by atoms with E-state index in [9.17, 15) is 9.18 Å². The van der Waals surface area contributed by atoms with E-state index < -0.39 is 11.9 Å². The molecule has 1 heterocycles. The van der Waals surface area contributed by atoms with E-state index in [4.69, 9.17) is 16.3 Å². The summed E-state index contributed by atoms with van der Waals surface area (Å²) in [6.45, 7) is 0. The molecule has 2 aromatic rings. The number of hydrogen-bond donors (Lipinski definition) is 0. The Bertz CT molecular complexity index is 622. The highest BCUT2D eigenvalue weighted by atomic mass is 35.5. The van der Waals surface area contributed by atoms with Crippen molar-refractivity contribution in [2.45, 2.75) is 6.10 Å². The summed E-state index contributed by atoms with van der Waals surface area (Å²) in [4.78, 5) is 12.1. The van der Waals surface area contributed by atoms with Crippen molar-refractivity contribution in [2.24, 2.45) is 0 Å². The molecule has 1 aliphatic heterocycles. The van der Waals surface area contributed by atoms with Gasteiger partial charge in [-0.3, -0.25) is 4.79 Å². The van der Waals surface area contributed by atoms with E-state index in [-0.39, 0.29) is 5.78 Å². The van der Waals surface area contributed by atoms with Crippen LogP contribution in [0.3, 0.4) is 0 Å². The topological polar surface area (TPSA) is 26.3 Å². The lowest BCUT2D eigenvalue weighted by Crippen LogP contribution is -2.10. The van der Waals surface area contributed by atoms with Crippen LogP contribution in [0.4, 0.5) is 4.39 Å². The van der Waals surface area contributed by atoms with Gasteiger partial charge in [0.25, 0.3) is 0 Å². The molecule has 4 heteroatoms. The van der Waals surface area contributed by atoms with Gasteiger partial charge in [0.1, 0.15) is 11.6 Å². The van der Waals surface area contributed by atoms with Gasteiger partial charge >= 0.3 is 0 Å². The molecule has 1 unspecified atom stereocenters. The molecule has 1 atom stereocenters. The molecular weight excluding hydrogens is 255 g/mol. The summed E-state index contributed by atoms with van der Waals surface area (Å²) in [6, 6.07) is 10.8. The number of fused-ring (bicyclic) bond motifs is 1. The Morgan fingerprint density at radius 2 is 1.83 bits per heavy atom. The fraction of sp³-hybridized carbons (Fsp3) is 0.0714. The van der Waals surface area contributed by atoms with Gasteiger partial charge in [0.2, 0.25) is 5.78 Å². The lowest BCUT2D eigenvalue weighted by Gasteiger charge is -2.09. The molecule has 0 N–H and O–H groups in total. The van der Waals surface area contributed by atoms with Gasteiger partial charge in [-0.1, -0.05) is 23.7 Å². The van der Waals surface area contributed by atoms with Crippen LogP contribution >= 0.6 is 11.6 Å². The minimum Gasteiger partial charge on any atom is -0.477 e. The normalized spacial score (nSPS) is 17.4. The minimum absolute atomic E-state index is 0.160. The Morgan fingerprint density at radius 3 is 2.56 bits per heavy atom. The Morgan fingerprint density at radius 1 is 1.11 bits per heavy atom. The molecule has 18 heavy (non-hydrogen) atoms. The Kier molecular flexibility index (Phi) is 2.56. The van der Waals surface area contributed by atoms with Crippen LogP contribution in [0.1, 0.15) is 22.0 Å². The van der Waals surface area contributed by atoms with E-state index in [1.165, 1.54) is 18.2 Å². The van der Waals surface area contributed by atoms with E-state index in [0.717, 1.165) is 0 Å². The van der Waals surface area contributed by atoms with E-state index in [2.05, 4.69) is 0 Å². The highest BCUT2D eigenvalue weighted by Crippen LogP contribution is 2.37. The lowest BCUT2D eigenvalue weighted by molar-refractivity contribution is 0.0858. The first-order valence-corrected chi connectivity index (χ1v) is 5.79. The van der Waals surface area contributed by atoms with Crippen molar-refractivity contribution in [2.75, 3.05) is 0 Å². The summed E-state index contributed by atoms with van der Waals surface area (Å²) < 4.78 is 18.6. The van der Waals surface area contributed by atoms with E-state index in [1.54, 1.807) is 24.3 Å². The van der Waals surface area contributed by atoms with Crippen molar-refractivity contribution in [1.29, 1.82) is 0 Å². The molecule has 3 rings (SSSR count). The maximum absolute atomic E-state index is 13.1. The van der Waals surface area contributed by atoms with Crippen LogP contribution in [-0.4, -0.2) is 5.78 Å². The smallest absolute Gasteiger partial charge is 0.211 e. The molecule has 0 aliphatic carbocycles. The summed E-state index contributed by atoms with van der Waals surface area (Å²) >= 11 is 5.79. The van der Waals surface area contributed by atoms with Crippen LogP contribution in [0.2, 0.25) is 5.02 Å². The number of carbonyl (C=O) groups excluding carboxylic acids is 1. The zero-order chi connectivity index (χ0) is 12.7. The quantitative estimate of drug-likeness (QED) is 0.781. The van der Waals surface area contributed by atoms with Crippen LogP contribution in [-0.2, 0) is 0 Å². The van der Waals surface area contributed by atoms with Gasteiger partial charge in [-0.25, -0.2) is 4.39 Å². The maximum atomic E-state index is 13.1. The van der Waals surface area contributed by atoms with Crippen molar-refractivity contribution in [3.05, 3.63) is 64.4 Å². The van der Waals surface area contributed by atoms with Gasteiger partial charge in [-0.15, -0.1) is 0 Å². The van der Waals surface area contributed by atoms with Gasteiger partial charge in [0.05, 0.1) is 5.56 Å². The number of ketones is 1. The van der Waals surface area contributed by atoms with E-state index >= 15 is 0 Å². The molecule has 2 aromatic carbocycles. The summed E-state index contributed by atoms with van der Waals surface area (Å²) in [6.07, 6.45) is -0.709. The standard InChI is InChI=1S/C14H8ClFO2/c15-9-3-1-8(2-4-9)14-13(17)11-6-5-10(16)7-12(11)18-14/h1-7,14H. The zero-order valence-electron chi connectivity index (χ0n) is 9.19. The zero-order valence-corrected chi connectivity index (χ0v) is 9.95. The van der Waals surface area contributed by atoms with Crippen molar-refractivity contribution in [3.63, 3.8) is 0 Å². The SMILES string of the molecule is O=C1c2ccc(F)cc2OC1c1ccc(Cl)cc1. The Balaban J connectivity index is 1.99. The maximum Gasteiger partial charge on any atom is 0.211 e. The predicted octanol–water partition coefficient (Wildman–Crippen LogP) is 3.80. The van der Waals surface area contributed by atoms with Crippen molar-refractivity contribution in [1.82, 2.24) is 0 Å². The molecule has 0 saturated carbocycles.